The molecule has 0 bridgehead atoms. The summed E-state index contributed by atoms with van der Waals surface area (Å²) in [5.74, 6) is -0.284. The molecule has 5 nitrogen and oxygen atoms in total. The van der Waals surface area contributed by atoms with Crippen molar-refractivity contribution in [3.05, 3.63) is 51.7 Å². The minimum Gasteiger partial charge on any atom is -0.365 e. The molecule has 7 heteroatoms. The second-order valence-corrected chi connectivity index (χ2v) is 6.86. The van der Waals surface area contributed by atoms with Gasteiger partial charge in [0.2, 0.25) is 5.91 Å². The average Bonchev–Trinajstić information content (AvgIpc) is 3.10. The number of rotatable bonds is 4. The van der Waals surface area contributed by atoms with E-state index in [0.717, 1.165) is 4.88 Å². The molecule has 0 spiro atoms. The normalized spacial score (nSPS) is 17.5. The number of nitrogens with zero attached hydrogens (tertiary/aromatic N) is 1. The lowest BCUT2D eigenvalue weighted by Gasteiger charge is -2.32. The zero-order valence-corrected chi connectivity index (χ0v) is 14.5. The van der Waals surface area contributed by atoms with Crippen LogP contribution in [0.5, 0.6) is 0 Å². The van der Waals surface area contributed by atoms with Gasteiger partial charge in [-0.3, -0.25) is 9.59 Å². The first-order valence-electron chi connectivity index (χ1n) is 7.60. The van der Waals surface area contributed by atoms with Crippen molar-refractivity contribution in [2.45, 2.75) is 12.5 Å². The lowest BCUT2D eigenvalue weighted by atomic mass is 10.2. The number of nitrogens with one attached hydrogen (secondary N) is 1. The van der Waals surface area contributed by atoms with Crippen LogP contribution in [0.25, 0.3) is 0 Å². The van der Waals surface area contributed by atoms with Gasteiger partial charge in [0.25, 0.3) is 5.91 Å². The standard InChI is InChI=1S/C17H17ClN2O3S/c18-13-5-1-2-6-14(13)19-17(22)15-11-20(7-8-23-15)16(21)10-12-4-3-9-24-12/h1-6,9,15H,7-8,10-11H2,(H,19,22)/t15-/m0/s1. The predicted octanol–water partition coefficient (Wildman–Crippen LogP) is 2.81. The summed E-state index contributed by atoms with van der Waals surface area (Å²) in [5.41, 5.74) is 0.537. The van der Waals surface area contributed by atoms with E-state index in [1.54, 1.807) is 40.5 Å². The van der Waals surface area contributed by atoms with Gasteiger partial charge in [-0.1, -0.05) is 29.8 Å². The van der Waals surface area contributed by atoms with E-state index in [4.69, 9.17) is 16.3 Å². The quantitative estimate of drug-likeness (QED) is 0.907. The van der Waals surface area contributed by atoms with Gasteiger partial charge in [-0.05, 0) is 23.6 Å². The van der Waals surface area contributed by atoms with Crippen molar-refractivity contribution in [1.29, 1.82) is 0 Å². The Bertz CT molecular complexity index is 720. The van der Waals surface area contributed by atoms with Gasteiger partial charge in [-0.15, -0.1) is 11.3 Å². The summed E-state index contributed by atoms with van der Waals surface area (Å²) in [6.07, 6.45) is -0.335. The van der Waals surface area contributed by atoms with Crippen molar-refractivity contribution in [3.8, 4) is 0 Å². The second kappa shape index (κ2) is 7.79. The summed E-state index contributed by atoms with van der Waals surface area (Å²) < 4.78 is 5.52. The van der Waals surface area contributed by atoms with Crippen molar-refractivity contribution in [1.82, 2.24) is 4.90 Å². The first-order valence-corrected chi connectivity index (χ1v) is 8.86. The van der Waals surface area contributed by atoms with Crippen molar-refractivity contribution < 1.29 is 14.3 Å². The van der Waals surface area contributed by atoms with E-state index in [1.165, 1.54) is 0 Å². The first-order chi connectivity index (χ1) is 11.6. The molecule has 0 aliphatic carbocycles. The zero-order chi connectivity index (χ0) is 16.9. The van der Waals surface area contributed by atoms with E-state index >= 15 is 0 Å². The Morgan fingerprint density at radius 3 is 2.88 bits per heavy atom. The van der Waals surface area contributed by atoms with Gasteiger partial charge < -0.3 is 15.0 Å². The molecule has 0 saturated carbocycles. The third-order valence-corrected chi connectivity index (χ3v) is 4.95. The first kappa shape index (κ1) is 17.0. The van der Waals surface area contributed by atoms with E-state index in [2.05, 4.69) is 5.32 Å². The van der Waals surface area contributed by atoms with Crippen LogP contribution in [0.1, 0.15) is 4.88 Å². The number of halogens is 1. The molecule has 126 valence electrons. The summed E-state index contributed by atoms with van der Waals surface area (Å²) in [4.78, 5) is 27.4. The molecule has 1 atom stereocenters. The van der Waals surface area contributed by atoms with Gasteiger partial charge in [0.1, 0.15) is 0 Å². The van der Waals surface area contributed by atoms with Crippen molar-refractivity contribution in [3.63, 3.8) is 0 Å². The van der Waals surface area contributed by atoms with Gasteiger partial charge in [-0.2, -0.15) is 0 Å². The van der Waals surface area contributed by atoms with Crippen LogP contribution in [0, 0.1) is 0 Å². The summed E-state index contributed by atoms with van der Waals surface area (Å²) >= 11 is 7.60. The number of hydrogen-bond donors (Lipinski definition) is 1. The number of hydrogen-bond acceptors (Lipinski definition) is 4. The Morgan fingerprint density at radius 1 is 1.29 bits per heavy atom. The number of ether oxygens (including phenoxy) is 1. The SMILES string of the molecule is O=C(Nc1ccccc1Cl)[C@@H]1CN(C(=O)Cc2cccs2)CCO1. The number of benzene rings is 1. The molecule has 1 aromatic heterocycles. The number of morpholine rings is 1. The van der Waals surface area contributed by atoms with Crippen LogP contribution in [0.15, 0.2) is 41.8 Å². The van der Waals surface area contributed by atoms with Crippen molar-refractivity contribution >= 4 is 40.4 Å². The summed E-state index contributed by atoms with van der Waals surface area (Å²) in [7, 11) is 0. The van der Waals surface area contributed by atoms with Crippen LogP contribution in [0.2, 0.25) is 5.02 Å². The molecule has 0 unspecified atom stereocenters. The third kappa shape index (κ3) is 4.14. The van der Waals surface area contributed by atoms with Crippen LogP contribution in [0.3, 0.4) is 0 Å². The second-order valence-electron chi connectivity index (χ2n) is 5.42. The number of thiophene rings is 1. The molecule has 0 radical (unpaired) electrons. The number of carbonyl (C=O) groups is 2. The molecule has 2 amide bonds. The monoisotopic (exact) mass is 364 g/mol. The highest BCUT2D eigenvalue weighted by Crippen LogP contribution is 2.21. The number of carbonyl (C=O) groups excluding carboxylic acids is 2. The lowest BCUT2D eigenvalue weighted by Crippen LogP contribution is -2.50. The number of para-hydroxylation sites is 1. The molecule has 24 heavy (non-hydrogen) atoms. The Balaban J connectivity index is 1.59. The minimum atomic E-state index is -0.692. The third-order valence-electron chi connectivity index (χ3n) is 3.75. The van der Waals surface area contributed by atoms with E-state index in [-0.39, 0.29) is 18.4 Å². The molecule has 1 N–H and O–H groups in total. The molecule has 2 heterocycles. The average molecular weight is 365 g/mol. The summed E-state index contributed by atoms with van der Waals surface area (Å²) in [6, 6.07) is 10.9. The smallest absolute Gasteiger partial charge is 0.255 e. The number of amides is 2. The van der Waals surface area contributed by atoms with Crippen LogP contribution >= 0.6 is 22.9 Å². The van der Waals surface area contributed by atoms with E-state index < -0.39 is 6.10 Å². The topological polar surface area (TPSA) is 58.6 Å². The number of anilines is 1. The van der Waals surface area contributed by atoms with Crippen LogP contribution in [-0.2, 0) is 20.7 Å². The van der Waals surface area contributed by atoms with Gasteiger partial charge in [0, 0.05) is 11.4 Å². The Kier molecular flexibility index (Phi) is 5.50. The molecule has 1 saturated heterocycles. The van der Waals surface area contributed by atoms with Gasteiger partial charge in [0.15, 0.2) is 6.10 Å². The molecule has 2 aromatic rings. The molecule has 3 rings (SSSR count). The van der Waals surface area contributed by atoms with Gasteiger partial charge in [-0.25, -0.2) is 0 Å². The largest absolute Gasteiger partial charge is 0.365 e. The highest BCUT2D eigenvalue weighted by atomic mass is 35.5. The van der Waals surface area contributed by atoms with Crippen molar-refractivity contribution in [2.24, 2.45) is 0 Å². The highest BCUT2D eigenvalue weighted by molar-refractivity contribution is 7.10. The summed E-state index contributed by atoms with van der Waals surface area (Å²) in [6.45, 7) is 1.09. The van der Waals surface area contributed by atoms with Crippen LogP contribution in [-0.4, -0.2) is 42.5 Å². The molecule has 1 aliphatic heterocycles. The molecule has 1 aliphatic rings. The maximum absolute atomic E-state index is 12.4. The fourth-order valence-corrected chi connectivity index (χ4v) is 3.36. The van der Waals surface area contributed by atoms with E-state index in [1.807, 2.05) is 17.5 Å². The molecular weight excluding hydrogens is 348 g/mol. The van der Waals surface area contributed by atoms with Crippen LogP contribution < -0.4 is 5.32 Å². The van der Waals surface area contributed by atoms with E-state index in [9.17, 15) is 9.59 Å². The fourth-order valence-electron chi connectivity index (χ4n) is 2.48. The van der Waals surface area contributed by atoms with Crippen molar-refractivity contribution in [2.75, 3.05) is 25.0 Å². The van der Waals surface area contributed by atoms with E-state index in [0.29, 0.717) is 30.3 Å². The zero-order valence-electron chi connectivity index (χ0n) is 12.9. The molecule has 1 fully saturated rings. The Labute approximate surface area is 149 Å². The molecule has 1 aromatic carbocycles. The maximum atomic E-state index is 12.4. The predicted molar refractivity (Wildman–Crippen MR) is 94.4 cm³/mol. The Hall–Kier alpha value is -1.89. The molecular formula is C17H17ClN2O3S. The fraction of sp³-hybridized carbons (Fsp3) is 0.294. The lowest BCUT2D eigenvalue weighted by molar-refractivity contribution is -0.144. The minimum absolute atomic E-state index is 0.0105. The summed E-state index contributed by atoms with van der Waals surface area (Å²) in [5, 5.41) is 5.16. The van der Waals surface area contributed by atoms with Crippen LogP contribution in [0.4, 0.5) is 5.69 Å². The maximum Gasteiger partial charge on any atom is 0.255 e. The van der Waals surface area contributed by atoms with Gasteiger partial charge >= 0.3 is 0 Å². The van der Waals surface area contributed by atoms with Gasteiger partial charge in [0.05, 0.1) is 30.3 Å². The highest BCUT2D eigenvalue weighted by Gasteiger charge is 2.29. The Morgan fingerprint density at radius 2 is 2.12 bits per heavy atom.